The van der Waals surface area contributed by atoms with Gasteiger partial charge >= 0.3 is 5.97 Å². The molecule has 0 heterocycles. The van der Waals surface area contributed by atoms with Crippen LogP contribution in [0.2, 0.25) is 0 Å². The van der Waals surface area contributed by atoms with Crippen LogP contribution in [-0.4, -0.2) is 28.4 Å². The van der Waals surface area contributed by atoms with E-state index in [1.54, 1.807) is 6.07 Å². The molecule has 26 heavy (non-hydrogen) atoms. The number of esters is 1. The number of carbonyl (C=O) groups excluding carboxylic acids is 2. The number of carbonyl (C=O) groups is 2. The van der Waals surface area contributed by atoms with Crippen LogP contribution >= 0.6 is 0 Å². The summed E-state index contributed by atoms with van der Waals surface area (Å²) in [5, 5.41) is 2.01. The van der Waals surface area contributed by atoms with Crippen LogP contribution in [-0.2, 0) is 20.3 Å². The Balaban J connectivity index is 2.11. The summed E-state index contributed by atoms with van der Waals surface area (Å²) < 4.78 is 56.3. The molecule has 138 valence electrons. The molecule has 0 unspecified atom stereocenters. The minimum atomic E-state index is -1.73. The lowest BCUT2D eigenvalue weighted by molar-refractivity contribution is -0.123. The Labute approximate surface area is 149 Å². The lowest BCUT2D eigenvalue weighted by Crippen LogP contribution is -2.30. The zero-order valence-electron chi connectivity index (χ0n) is 13.7. The maximum absolute atomic E-state index is 13.6. The van der Waals surface area contributed by atoms with Crippen molar-refractivity contribution in [3.05, 3.63) is 59.4 Å². The summed E-state index contributed by atoms with van der Waals surface area (Å²) in [7, 11) is -1.45. The molecule has 2 aromatic rings. The van der Waals surface area contributed by atoms with Gasteiger partial charge in [-0.3, -0.25) is 9.00 Å². The third kappa shape index (κ3) is 4.29. The molecule has 0 bridgehead atoms. The summed E-state index contributed by atoms with van der Waals surface area (Å²) in [4.78, 5) is 24.4. The lowest BCUT2D eigenvalue weighted by Gasteiger charge is -2.15. The van der Waals surface area contributed by atoms with Gasteiger partial charge in [0.2, 0.25) is 0 Å². The van der Waals surface area contributed by atoms with Crippen molar-refractivity contribution in [1.82, 2.24) is 0 Å². The Morgan fingerprint density at radius 1 is 1.08 bits per heavy atom. The van der Waals surface area contributed by atoms with Gasteiger partial charge in [0.1, 0.15) is 0 Å². The highest BCUT2D eigenvalue weighted by Crippen LogP contribution is 2.20. The molecule has 0 radical (unpaired) electrons. The Morgan fingerprint density at radius 3 is 2.38 bits per heavy atom. The highest BCUT2D eigenvalue weighted by atomic mass is 32.2. The second-order valence-corrected chi connectivity index (χ2v) is 6.56. The molecule has 5 nitrogen and oxygen atoms in total. The number of nitrogens with one attached hydrogen (secondary N) is 1. The number of benzene rings is 2. The molecule has 2 atom stereocenters. The molecule has 0 aliphatic heterocycles. The van der Waals surface area contributed by atoms with E-state index in [0.29, 0.717) is 6.07 Å². The van der Waals surface area contributed by atoms with Crippen LogP contribution < -0.4 is 5.32 Å². The van der Waals surface area contributed by atoms with Gasteiger partial charge in [0.05, 0.1) is 26.9 Å². The summed E-state index contributed by atoms with van der Waals surface area (Å²) in [5.41, 5.74) is -0.571. The van der Waals surface area contributed by atoms with Crippen LogP contribution in [0, 0.1) is 17.5 Å². The topological polar surface area (TPSA) is 72.5 Å². The van der Waals surface area contributed by atoms with E-state index in [0.717, 1.165) is 6.07 Å². The fraction of sp³-hybridized carbons (Fsp3) is 0.176. The van der Waals surface area contributed by atoms with Gasteiger partial charge in [-0.05, 0) is 31.2 Å². The van der Waals surface area contributed by atoms with E-state index in [-0.39, 0.29) is 10.5 Å². The number of rotatable bonds is 5. The second-order valence-electron chi connectivity index (χ2n) is 5.21. The summed E-state index contributed by atoms with van der Waals surface area (Å²) in [5.74, 6) is -6.54. The Morgan fingerprint density at radius 2 is 1.73 bits per heavy atom. The third-order valence-corrected chi connectivity index (χ3v) is 4.34. The van der Waals surface area contributed by atoms with Crippen molar-refractivity contribution in [2.75, 3.05) is 11.6 Å². The van der Waals surface area contributed by atoms with Gasteiger partial charge in [-0.2, -0.15) is 0 Å². The van der Waals surface area contributed by atoms with Gasteiger partial charge in [0, 0.05) is 6.26 Å². The molecule has 0 aliphatic rings. The van der Waals surface area contributed by atoms with E-state index >= 15 is 0 Å². The number of hydrogen-bond donors (Lipinski definition) is 1. The van der Waals surface area contributed by atoms with E-state index in [1.165, 1.54) is 31.4 Å². The maximum atomic E-state index is 13.6. The molecule has 2 aromatic carbocycles. The van der Waals surface area contributed by atoms with Gasteiger partial charge in [0.15, 0.2) is 23.6 Å². The summed E-state index contributed by atoms with van der Waals surface area (Å²) in [6.07, 6.45) is 0.0158. The first-order valence-electron chi connectivity index (χ1n) is 7.30. The van der Waals surface area contributed by atoms with Crippen molar-refractivity contribution in [2.45, 2.75) is 17.9 Å². The van der Waals surface area contributed by atoms with Gasteiger partial charge in [-0.1, -0.05) is 12.1 Å². The average molecular weight is 385 g/mol. The zero-order chi connectivity index (χ0) is 19.4. The Kier molecular flexibility index (Phi) is 6.14. The second kappa shape index (κ2) is 8.13. The average Bonchev–Trinajstić information content (AvgIpc) is 2.61. The Bertz CT molecular complexity index is 888. The molecule has 1 N–H and O–H groups in total. The van der Waals surface area contributed by atoms with Crippen LogP contribution in [0.4, 0.5) is 18.9 Å². The van der Waals surface area contributed by atoms with Crippen molar-refractivity contribution in [3.63, 3.8) is 0 Å². The van der Waals surface area contributed by atoms with Crippen molar-refractivity contribution in [3.8, 4) is 0 Å². The highest BCUT2D eigenvalue weighted by molar-refractivity contribution is 7.84. The van der Waals surface area contributed by atoms with Crippen molar-refractivity contribution in [2.24, 2.45) is 0 Å². The fourth-order valence-electron chi connectivity index (χ4n) is 2.02. The maximum Gasteiger partial charge on any atom is 0.340 e. The van der Waals surface area contributed by atoms with E-state index in [9.17, 15) is 27.0 Å². The molecule has 0 aromatic heterocycles. The molecule has 0 saturated carbocycles. The van der Waals surface area contributed by atoms with Crippen molar-refractivity contribution in [1.29, 1.82) is 0 Å². The number of hydrogen-bond acceptors (Lipinski definition) is 4. The summed E-state index contributed by atoms with van der Waals surface area (Å²) in [6, 6.07) is 7.49. The first-order valence-corrected chi connectivity index (χ1v) is 8.86. The Hall–Kier alpha value is -2.68. The number of halogens is 3. The number of anilines is 1. The first-order chi connectivity index (χ1) is 12.2. The molecule has 0 aliphatic carbocycles. The monoisotopic (exact) mass is 385 g/mol. The van der Waals surface area contributed by atoms with Crippen LogP contribution in [0.1, 0.15) is 17.3 Å². The van der Waals surface area contributed by atoms with E-state index in [1.807, 2.05) is 5.32 Å². The highest BCUT2D eigenvalue weighted by Gasteiger charge is 2.23. The van der Waals surface area contributed by atoms with Crippen LogP contribution in [0.15, 0.2) is 41.3 Å². The standard InChI is InChI=1S/C17H14F3NO4S/c1-9(16(22)21-12-8-7-11(18)14(19)15(12)20)25-17(23)10-5-3-4-6-13(10)26(2)24/h3-9H,1-2H3,(H,21,22)/t9-,26+/m0/s1. The minimum absolute atomic E-state index is 0.0204. The fourth-order valence-corrected chi connectivity index (χ4v) is 2.75. The third-order valence-electron chi connectivity index (χ3n) is 3.36. The van der Waals surface area contributed by atoms with E-state index in [2.05, 4.69) is 0 Å². The lowest BCUT2D eigenvalue weighted by atomic mass is 10.2. The predicted molar refractivity (Wildman–Crippen MR) is 88.6 cm³/mol. The normalized spacial score (nSPS) is 13.0. The molecule has 0 fully saturated rings. The summed E-state index contributed by atoms with van der Waals surface area (Å²) in [6.45, 7) is 1.22. The van der Waals surface area contributed by atoms with Gasteiger partial charge in [-0.25, -0.2) is 18.0 Å². The molecule has 1 amide bonds. The predicted octanol–water partition coefficient (Wildman–Crippen LogP) is 3.03. The van der Waals surface area contributed by atoms with Crippen molar-refractivity contribution >= 4 is 28.4 Å². The molecule has 9 heteroatoms. The SMILES string of the molecule is C[C@H](OC(=O)c1ccccc1[S@@](C)=O)C(=O)Nc1ccc(F)c(F)c1F. The number of amides is 1. The smallest absolute Gasteiger partial charge is 0.340 e. The summed E-state index contributed by atoms with van der Waals surface area (Å²) >= 11 is 0. The van der Waals surface area contributed by atoms with Crippen molar-refractivity contribution < 1.29 is 31.7 Å². The van der Waals surface area contributed by atoms with E-state index < -0.39 is 51.9 Å². The number of ether oxygens (including phenoxy) is 1. The van der Waals surface area contributed by atoms with Crippen LogP contribution in [0.25, 0.3) is 0 Å². The quantitative estimate of drug-likeness (QED) is 0.634. The van der Waals surface area contributed by atoms with Crippen LogP contribution in [0.5, 0.6) is 0 Å². The zero-order valence-corrected chi connectivity index (χ0v) is 14.5. The largest absolute Gasteiger partial charge is 0.449 e. The molecular weight excluding hydrogens is 371 g/mol. The molecule has 0 spiro atoms. The minimum Gasteiger partial charge on any atom is -0.449 e. The molecule has 2 rings (SSSR count). The van der Waals surface area contributed by atoms with Gasteiger partial charge in [-0.15, -0.1) is 0 Å². The van der Waals surface area contributed by atoms with Gasteiger partial charge in [0.25, 0.3) is 5.91 Å². The van der Waals surface area contributed by atoms with Crippen LogP contribution in [0.3, 0.4) is 0 Å². The van der Waals surface area contributed by atoms with Gasteiger partial charge < -0.3 is 10.1 Å². The van der Waals surface area contributed by atoms with E-state index in [4.69, 9.17) is 4.74 Å². The first kappa shape index (κ1) is 19.6. The molecule has 0 saturated heterocycles. The molecular formula is C17H14F3NO4S.